The highest BCUT2D eigenvalue weighted by atomic mass is 35.5. The Morgan fingerprint density at radius 3 is 1.57 bits per heavy atom. The Kier molecular flexibility index (Phi) is 3.61. The van der Waals surface area contributed by atoms with Crippen LogP contribution in [-0.4, -0.2) is 0 Å². The maximum Gasteiger partial charge on any atom is 0.0563 e. The highest BCUT2D eigenvalue weighted by Crippen LogP contribution is 2.36. The Morgan fingerprint density at radius 2 is 1.00 bits per heavy atom. The van der Waals surface area contributed by atoms with Crippen molar-refractivity contribution in [3.8, 4) is 0 Å². The largest absolute Gasteiger partial charge is 0.0830 e. The molecule has 4 aromatic carbocycles. The quantitative estimate of drug-likeness (QED) is 0.281. The van der Waals surface area contributed by atoms with Crippen LogP contribution >= 0.6 is 11.6 Å². The number of fused-ring (bicyclic) bond motifs is 2. The smallest absolute Gasteiger partial charge is 0.0563 e. The van der Waals surface area contributed by atoms with Crippen LogP contribution in [0.1, 0.15) is 11.1 Å². The molecule has 0 nitrogen and oxygen atoms in total. The van der Waals surface area contributed by atoms with E-state index in [1.54, 1.807) is 0 Å². The van der Waals surface area contributed by atoms with Gasteiger partial charge in [-0.25, -0.2) is 0 Å². The van der Waals surface area contributed by atoms with Gasteiger partial charge in [-0.1, -0.05) is 103 Å². The Bertz CT molecular complexity index is 957. The molecule has 4 aromatic rings. The molecular weight excluding hydrogens is 300 g/mol. The second-order valence-electron chi connectivity index (χ2n) is 5.56. The first-order chi connectivity index (χ1) is 11.3. The van der Waals surface area contributed by atoms with Crippen molar-refractivity contribution in [2.45, 2.75) is 0 Å². The fraction of sp³-hybridized carbons (Fsp3) is 0. The standard InChI is InChI=1S/C22H15Cl/c23-22-20-12-6-4-10-17(20)19(18-11-5-7-13-21(18)22)15-14-16-8-2-1-3-9-16/h1-15H. The molecule has 0 aliphatic rings. The van der Waals surface area contributed by atoms with Gasteiger partial charge in [-0.15, -0.1) is 0 Å². The number of benzene rings is 4. The fourth-order valence-electron chi connectivity index (χ4n) is 3.03. The van der Waals surface area contributed by atoms with E-state index in [9.17, 15) is 0 Å². The topological polar surface area (TPSA) is 0 Å². The summed E-state index contributed by atoms with van der Waals surface area (Å²) in [6, 6.07) is 27.0. The van der Waals surface area contributed by atoms with Gasteiger partial charge in [-0.05, 0) is 21.9 Å². The van der Waals surface area contributed by atoms with Crippen LogP contribution in [0.25, 0.3) is 33.7 Å². The zero-order valence-electron chi connectivity index (χ0n) is 12.5. The van der Waals surface area contributed by atoms with E-state index in [2.05, 4.69) is 72.8 Å². The number of rotatable bonds is 2. The lowest BCUT2D eigenvalue weighted by molar-refractivity contribution is 1.66. The Morgan fingerprint density at radius 1 is 0.522 bits per heavy atom. The van der Waals surface area contributed by atoms with Gasteiger partial charge >= 0.3 is 0 Å². The highest BCUT2D eigenvalue weighted by molar-refractivity contribution is 6.41. The SMILES string of the molecule is Clc1c2ccccc2c(C=Cc2ccccc2)c2ccccc12. The average Bonchev–Trinajstić information content (AvgIpc) is 2.63. The molecular formula is C22H15Cl. The zero-order valence-corrected chi connectivity index (χ0v) is 13.3. The van der Waals surface area contributed by atoms with Crippen LogP contribution in [0.2, 0.25) is 5.02 Å². The van der Waals surface area contributed by atoms with E-state index in [1.807, 2.05) is 18.2 Å². The summed E-state index contributed by atoms with van der Waals surface area (Å²) in [6.07, 6.45) is 4.35. The Labute approximate surface area is 140 Å². The molecule has 4 rings (SSSR count). The van der Waals surface area contributed by atoms with Gasteiger partial charge in [0, 0.05) is 10.8 Å². The first kappa shape index (κ1) is 14.0. The molecule has 0 aliphatic heterocycles. The van der Waals surface area contributed by atoms with E-state index in [4.69, 9.17) is 11.6 Å². The van der Waals surface area contributed by atoms with E-state index in [0.29, 0.717) is 0 Å². The van der Waals surface area contributed by atoms with Gasteiger partial charge in [0.15, 0.2) is 0 Å². The second kappa shape index (κ2) is 5.91. The molecule has 0 saturated heterocycles. The molecule has 0 atom stereocenters. The van der Waals surface area contributed by atoms with Gasteiger partial charge in [0.25, 0.3) is 0 Å². The highest BCUT2D eigenvalue weighted by Gasteiger charge is 2.09. The lowest BCUT2D eigenvalue weighted by Gasteiger charge is -2.11. The van der Waals surface area contributed by atoms with Crippen molar-refractivity contribution in [2.75, 3.05) is 0 Å². The van der Waals surface area contributed by atoms with Crippen LogP contribution in [-0.2, 0) is 0 Å². The summed E-state index contributed by atoms with van der Waals surface area (Å²) in [6.45, 7) is 0. The van der Waals surface area contributed by atoms with E-state index < -0.39 is 0 Å². The van der Waals surface area contributed by atoms with Crippen LogP contribution in [0.5, 0.6) is 0 Å². The van der Waals surface area contributed by atoms with Crippen molar-refractivity contribution in [1.82, 2.24) is 0 Å². The minimum absolute atomic E-state index is 0.827. The number of hydrogen-bond donors (Lipinski definition) is 0. The van der Waals surface area contributed by atoms with Crippen molar-refractivity contribution in [2.24, 2.45) is 0 Å². The molecule has 0 saturated carbocycles. The Balaban J connectivity index is 2.03. The minimum Gasteiger partial charge on any atom is -0.0830 e. The summed E-state index contributed by atoms with van der Waals surface area (Å²) < 4.78 is 0. The van der Waals surface area contributed by atoms with E-state index >= 15 is 0 Å². The third kappa shape index (κ3) is 2.52. The third-order valence-corrected chi connectivity index (χ3v) is 4.56. The van der Waals surface area contributed by atoms with Crippen LogP contribution in [0, 0.1) is 0 Å². The van der Waals surface area contributed by atoms with E-state index in [0.717, 1.165) is 15.8 Å². The Hall–Kier alpha value is -2.57. The predicted molar refractivity (Wildman–Crippen MR) is 102 cm³/mol. The monoisotopic (exact) mass is 314 g/mol. The third-order valence-electron chi connectivity index (χ3n) is 4.15. The van der Waals surface area contributed by atoms with Crippen molar-refractivity contribution in [3.05, 3.63) is 95.0 Å². The first-order valence-electron chi connectivity index (χ1n) is 7.67. The van der Waals surface area contributed by atoms with Gasteiger partial charge in [-0.3, -0.25) is 0 Å². The van der Waals surface area contributed by atoms with Crippen molar-refractivity contribution >= 4 is 45.3 Å². The molecule has 0 amide bonds. The zero-order chi connectivity index (χ0) is 15.6. The lowest BCUT2D eigenvalue weighted by atomic mass is 9.96. The fourth-order valence-corrected chi connectivity index (χ4v) is 3.36. The van der Waals surface area contributed by atoms with Gasteiger partial charge in [0.05, 0.1) is 5.02 Å². The molecule has 0 radical (unpaired) electrons. The van der Waals surface area contributed by atoms with Gasteiger partial charge in [0.1, 0.15) is 0 Å². The van der Waals surface area contributed by atoms with Crippen LogP contribution in [0.15, 0.2) is 78.9 Å². The summed E-state index contributed by atoms with van der Waals surface area (Å²) in [5.74, 6) is 0. The number of halogens is 1. The summed E-state index contributed by atoms with van der Waals surface area (Å²) in [4.78, 5) is 0. The van der Waals surface area contributed by atoms with Gasteiger partial charge in [0.2, 0.25) is 0 Å². The normalized spacial score (nSPS) is 11.5. The van der Waals surface area contributed by atoms with Crippen LogP contribution in [0.4, 0.5) is 0 Å². The van der Waals surface area contributed by atoms with Crippen LogP contribution < -0.4 is 0 Å². The van der Waals surface area contributed by atoms with E-state index in [-0.39, 0.29) is 0 Å². The maximum atomic E-state index is 6.64. The molecule has 0 bridgehead atoms. The molecule has 110 valence electrons. The molecule has 0 aliphatic carbocycles. The molecule has 0 unspecified atom stereocenters. The van der Waals surface area contributed by atoms with Crippen molar-refractivity contribution < 1.29 is 0 Å². The second-order valence-corrected chi connectivity index (χ2v) is 5.94. The summed E-state index contributed by atoms with van der Waals surface area (Å²) in [5, 5.41) is 5.39. The van der Waals surface area contributed by atoms with Crippen molar-refractivity contribution in [1.29, 1.82) is 0 Å². The molecule has 0 aromatic heterocycles. The van der Waals surface area contributed by atoms with E-state index in [1.165, 1.54) is 21.9 Å². The first-order valence-corrected chi connectivity index (χ1v) is 8.04. The lowest BCUT2D eigenvalue weighted by Crippen LogP contribution is -1.85. The summed E-state index contributed by atoms with van der Waals surface area (Å²) >= 11 is 6.64. The number of hydrogen-bond acceptors (Lipinski definition) is 0. The van der Waals surface area contributed by atoms with Gasteiger partial charge in [-0.2, -0.15) is 0 Å². The predicted octanol–water partition coefficient (Wildman–Crippen LogP) is 6.82. The minimum atomic E-state index is 0.827. The van der Waals surface area contributed by atoms with Gasteiger partial charge < -0.3 is 0 Å². The average molecular weight is 315 g/mol. The molecule has 0 spiro atoms. The molecule has 1 heteroatoms. The molecule has 0 heterocycles. The maximum absolute atomic E-state index is 6.64. The van der Waals surface area contributed by atoms with Crippen LogP contribution in [0.3, 0.4) is 0 Å². The summed E-state index contributed by atoms with van der Waals surface area (Å²) in [7, 11) is 0. The summed E-state index contributed by atoms with van der Waals surface area (Å²) in [5.41, 5.74) is 2.40. The van der Waals surface area contributed by atoms with Crippen molar-refractivity contribution in [3.63, 3.8) is 0 Å². The molecule has 23 heavy (non-hydrogen) atoms. The molecule has 0 fully saturated rings. The molecule has 0 N–H and O–H groups in total.